The highest BCUT2D eigenvalue weighted by Crippen LogP contribution is 2.24. The van der Waals surface area contributed by atoms with Gasteiger partial charge in [-0.25, -0.2) is 15.0 Å². The van der Waals surface area contributed by atoms with Gasteiger partial charge < -0.3 is 9.67 Å². The van der Waals surface area contributed by atoms with Crippen molar-refractivity contribution in [2.45, 2.75) is 32.2 Å². The molecule has 0 aliphatic carbocycles. The Morgan fingerprint density at radius 2 is 2.18 bits per heavy atom. The molecule has 0 unspecified atom stereocenters. The van der Waals surface area contributed by atoms with Crippen LogP contribution >= 0.6 is 11.6 Å². The summed E-state index contributed by atoms with van der Waals surface area (Å²) in [6.07, 6.45) is 5.88. The zero-order valence-corrected chi connectivity index (χ0v) is 10.4. The second kappa shape index (κ2) is 5.42. The molecule has 0 saturated carbocycles. The highest BCUT2D eigenvalue weighted by atomic mass is 35.5. The molecule has 0 aromatic carbocycles. The number of hydrogen-bond donors (Lipinski definition) is 1. The van der Waals surface area contributed by atoms with Gasteiger partial charge in [0.2, 0.25) is 0 Å². The van der Waals surface area contributed by atoms with Crippen molar-refractivity contribution in [2.24, 2.45) is 0 Å². The van der Waals surface area contributed by atoms with Gasteiger partial charge in [-0.2, -0.15) is 0 Å². The van der Waals surface area contributed by atoms with Crippen molar-refractivity contribution in [1.29, 1.82) is 0 Å². The quantitative estimate of drug-likeness (QED) is 0.831. The largest absolute Gasteiger partial charge is 0.396 e. The standard InChI is InChI=1S/C11H15ClN4O/c1-2-3-8(4-5-17)16-7-15-9-10(12)13-6-14-11(9)16/h6-8,17H,2-5H2,1H3/t8-/m0/s1. The summed E-state index contributed by atoms with van der Waals surface area (Å²) in [6, 6.07) is 0.209. The topological polar surface area (TPSA) is 63.8 Å². The van der Waals surface area contributed by atoms with Crippen LogP contribution in [0.25, 0.3) is 11.2 Å². The highest BCUT2D eigenvalue weighted by Gasteiger charge is 2.15. The van der Waals surface area contributed by atoms with E-state index >= 15 is 0 Å². The Labute approximate surface area is 104 Å². The number of halogens is 1. The summed E-state index contributed by atoms with van der Waals surface area (Å²) in [7, 11) is 0. The molecular weight excluding hydrogens is 240 g/mol. The molecule has 0 bridgehead atoms. The first kappa shape index (κ1) is 12.3. The van der Waals surface area contributed by atoms with Crippen LogP contribution in [0.4, 0.5) is 0 Å². The fourth-order valence-electron chi connectivity index (χ4n) is 2.00. The summed E-state index contributed by atoms with van der Waals surface area (Å²) in [6.45, 7) is 2.27. The monoisotopic (exact) mass is 254 g/mol. The molecule has 92 valence electrons. The van der Waals surface area contributed by atoms with Crippen molar-refractivity contribution in [2.75, 3.05) is 6.61 Å². The lowest BCUT2D eigenvalue weighted by Crippen LogP contribution is -2.10. The smallest absolute Gasteiger partial charge is 0.165 e. The van der Waals surface area contributed by atoms with Crippen molar-refractivity contribution in [3.05, 3.63) is 17.8 Å². The van der Waals surface area contributed by atoms with E-state index in [0.29, 0.717) is 17.1 Å². The second-order valence-corrected chi connectivity index (χ2v) is 4.30. The van der Waals surface area contributed by atoms with Gasteiger partial charge >= 0.3 is 0 Å². The number of nitrogens with zero attached hydrogens (tertiary/aromatic N) is 4. The van der Waals surface area contributed by atoms with Crippen LogP contribution in [0.3, 0.4) is 0 Å². The van der Waals surface area contributed by atoms with E-state index in [4.69, 9.17) is 16.7 Å². The predicted octanol–water partition coefficient (Wildman–Crippen LogP) is 2.20. The lowest BCUT2D eigenvalue weighted by Gasteiger charge is -2.16. The van der Waals surface area contributed by atoms with Crippen LogP contribution in [0.2, 0.25) is 5.15 Å². The van der Waals surface area contributed by atoms with Gasteiger partial charge in [-0.1, -0.05) is 24.9 Å². The van der Waals surface area contributed by atoms with Crippen molar-refractivity contribution in [3.8, 4) is 0 Å². The lowest BCUT2D eigenvalue weighted by molar-refractivity contribution is 0.253. The summed E-state index contributed by atoms with van der Waals surface area (Å²) in [5, 5.41) is 9.46. The molecule has 0 aliphatic rings. The van der Waals surface area contributed by atoms with E-state index in [1.165, 1.54) is 6.33 Å². The van der Waals surface area contributed by atoms with Gasteiger partial charge in [0.1, 0.15) is 11.8 Å². The first-order chi connectivity index (χ1) is 8.27. The summed E-state index contributed by atoms with van der Waals surface area (Å²) < 4.78 is 1.97. The molecule has 0 saturated heterocycles. The third kappa shape index (κ3) is 2.40. The number of imidazole rings is 1. The molecule has 6 heteroatoms. The fourth-order valence-corrected chi connectivity index (χ4v) is 2.17. The SMILES string of the molecule is CCC[C@@H](CCO)n1cnc2c(Cl)ncnc21. The van der Waals surface area contributed by atoms with Gasteiger partial charge in [-0.05, 0) is 12.8 Å². The maximum Gasteiger partial charge on any atom is 0.165 e. The van der Waals surface area contributed by atoms with Crippen LogP contribution in [0, 0.1) is 0 Å². The summed E-state index contributed by atoms with van der Waals surface area (Å²) in [4.78, 5) is 12.3. The molecule has 1 N–H and O–H groups in total. The van der Waals surface area contributed by atoms with Crippen molar-refractivity contribution in [1.82, 2.24) is 19.5 Å². The zero-order chi connectivity index (χ0) is 12.3. The van der Waals surface area contributed by atoms with Crippen LogP contribution in [0.1, 0.15) is 32.2 Å². The molecule has 0 aliphatic heterocycles. The average molecular weight is 255 g/mol. The Morgan fingerprint density at radius 3 is 2.88 bits per heavy atom. The van der Waals surface area contributed by atoms with Crippen LogP contribution in [-0.2, 0) is 0 Å². The summed E-state index contributed by atoms with van der Waals surface area (Å²) in [5.74, 6) is 0. The molecule has 1 atom stereocenters. The number of rotatable bonds is 5. The fraction of sp³-hybridized carbons (Fsp3) is 0.545. The van der Waals surface area contributed by atoms with E-state index < -0.39 is 0 Å². The number of aliphatic hydroxyl groups is 1. The molecule has 2 aromatic rings. The minimum absolute atomic E-state index is 0.156. The molecule has 5 nitrogen and oxygen atoms in total. The van der Waals surface area contributed by atoms with Gasteiger partial charge in [0.25, 0.3) is 0 Å². The molecule has 0 fully saturated rings. The molecule has 0 amide bonds. The maximum absolute atomic E-state index is 9.10. The van der Waals surface area contributed by atoms with E-state index in [1.54, 1.807) is 6.33 Å². The minimum atomic E-state index is 0.156. The third-order valence-corrected chi connectivity index (χ3v) is 3.07. The molecule has 17 heavy (non-hydrogen) atoms. The molecule has 0 radical (unpaired) electrons. The number of hydrogen-bond acceptors (Lipinski definition) is 4. The maximum atomic E-state index is 9.10. The van der Waals surface area contributed by atoms with Gasteiger partial charge in [0.15, 0.2) is 10.8 Å². The van der Waals surface area contributed by atoms with E-state index in [9.17, 15) is 0 Å². The first-order valence-electron chi connectivity index (χ1n) is 5.71. The van der Waals surface area contributed by atoms with Crippen LogP contribution < -0.4 is 0 Å². The summed E-state index contributed by atoms with van der Waals surface area (Å²) >= 11 is 5.95. The molecular formula is C11H15ClN4O. The van der Waals surface area contributed by atoms with Crippen molar-refractivity contribution >= 4 is 22.8 Å². The summed E-state index contributed by atoms with van der Waals surface area (Å²) in [5.41, 5.74) is 1.35. The van der Waals surface area contributed by atoms with Crippen LogP contribution in [0.5, 0.6) is 0 Å². The Balaban J connectivity index is 2.42. The van der Waals surface area contributed by atoms with Crippen molar-refractivity contribution in [3.63, 3.8) is 0 Å². The number of aromatic nitrogens is 4. The molecule has 2 aromatic heterocycles. The predicted molar refractivity (Wildman–Crippen MR) is 66.0 cm³/mol. The Hall–Kier alpha value is -1.20. The van der Waals surface area contributed by atoms with Gasteiger partial charge in [-0.15, -0.1) is 0 Å². The average Bonchev–Trinajstić information content (AvgIpc) is 2.74. The van der Waals surface area contributed by atoms with Crippen molar-refractivity contribution < 1.29 is 5.11 Å². The van der Waals surface area contributed by atoms with Gasteiger partial charge in [0, 0.05) is 12.6 Å². The molecule has 0 spiro atoms. The first-order valence-corrected chi connectivity index (χ1v) is 6.09. The van der Waals surface area contributed by atoms with E-state index in [1.807, 2.05) is 4.57 Å². The van der Waals surface area contributed by atoms with Gasteiger partial charge in [0.05, 0.1) is 6.33 Å². The molecule has 2 heterocycles. The Morgan fingerprint density at radius 1 is 1.35 bits per heavy atom. The minimum Gasteiger partial charge on any atom is -0.396 e. The zero-order valence-electron chi connectivity index (χ0n) is 9.67. The normalized spacial score (nSPS) is 13.1. The third-order valence-electron chi connectivity index (χ3n) is 2.79. The lowest BCUT2D eigenvalue weighted by atomic mass is 10.1. The Kier molecular flexibility index (Phi) is 3.91. The second-order valence-electron chi connectivity index (χ2n) is 3.94. The van der Waals surface area contributed by atoms with Crippen LogP contribution in [-0.4, -0.2) is 31.2 Å². The van der Waals surface area contributed by atoms with Gasteiger partial charge in [-0.3, -0.25) is 0 Å². The number of aliphatic hydroxyl groups excluding tert-OH is 1. The van der Waals surface area contributed by atoms with E-state index in [-0.39, 0.29) is 12.6 Å². The molecule has 2 rings (SSSR count). The van der Waals surface area contributed by atoms with E-state index in [2.05, 4.69) is 21.9 Å². The highest BCUT2D eigenvalue weighted by molar-refractivity contribution is 6.33. The number of fused-ring (bicyclic) bond motifs is 1. The van der Waals surface area contributed by atoms with Crippen LogP contribution in [0.15, 0.2) is 12.7 Å². The van der Waals surface area contributed by atoms with E-state index in [0.717, 1.165) is 18.5 Å². The Bertz CT molecular complexity index is 493.